The fourth-order valence-corrected chi connectivity index (χ4v) is 3.15. The Bertz CT molecular complexity index is 941. The maximum absolute atomic E-state index is 4.54. The maximum Gasteiger partial charge on any atom is 0.0705 e. The fraction of sp³-hybridized carbons (Fsp3) is 0.0417. The lowest BCUT2D eigenvalue weighted by Gasteiger charge is -2.26. The van der Waals surface area contributed by atoms with Gasteiger partial charge >= 0.3 is 0 Å². The smallest absolute Gasteiger partial charge is 0.0705 e. The molecule has 0 bridgehead atoms. The molecule has 0 fully saturated rings. The Labute approximate surface area is 154 Å². The van der Waals surface area contributed by atoms with E-state index in [0.717, 1.165) is 28.3 Å². The summed E-state index contributed by atoms with van der Waals surface area (Å²) in [4.78, 5) is 6.81. The van der Waals surface area contributed by atoms with E-state index in [0.29, 0.717) is 0 Å². The van der Waals surface area contributed by atoms with Gasteiger partial charge in [-0.15, -0.1) is 0 Å². The normalized spacial score (nSPS) is 10.5. The lowest BCUT2D eigenvalue weighted by molar-refractivity contribution is 1.26. The summed E-state index contributed by atoms with van der Waals surface area (Å²) < 4.78 is 0. The van der Waals surface area contributed by atoms with Gasteiger partial charge in [0.15, 0.2) is 0 Å². The highest BCUT2D eigenvalue weighted by atomic mass is 15.1. The van der Waals surface area contributed by atoms with E-state index in [1.165, 1.54) is 5.56 Å². The van der Waals surface area contributed by atoms with Gasteiger partial charge in [0.1, 0.15) is 0 Å². The summed E-state index contributed by atoms with van der Waals surface area (Å²) in [7, 11) is 0. The van der Waals surface area contributed by atoms with Gasteiger partial charge in [-0.2, -0.15) is 0 Å². The Morgan fingerprint density at radius 1 is 0.615 bits per heavy atom. The first-order valence-corrected chi connectivity index (χ1v) is 8.75. The van der Waals surface area contributed by atoms with Crippen molar-refractivity contribution in [1.29, 1.82) is 0 Å². The van der Waals surface area contributed by atoms with Gasteiger partial charge in [-0.1, -0.05) is 48.5 Å². The van der Waals surface area contributed by atoms with Gasteiger partial charge in [0.2, 0.25) is 0 Å². The molecular weight excluding hydrogens is 316 g/mol. The van der Waals surface area contributed by atoms with Crippen LogP contribution in [0.5, 0.6) is 0 Å². The highest BCUT2D eigenvalue weighted by Crippen LogP contribution is 2.36. The summed E-state index contributed by atoms with van der Waals surface area (Å²) in [6.45, 7) is 2.13. The topological polar surface area (TPSA) is 16.1 Å². The van der Waals surface area contributed by atoms with E-state index in [2.05, 4.69) is 89.6 Å². The largest absolute Gasteiger partial charge is 0.310 e. The van der Waals surface area contributed by atoms with Crippen LogP contribution < -0.4 is 4.90 Å². The second-order valence-corrected chi connectivity index (χ2v) is 6.22. The average Bonchev–Trinajstić information content (AvgIpc) is 2.72. The molecule has 1 heterocycles. The molecule has 0 saturated carbocycles. The van der Waals surface area contributed by atoms with E-state index in [9.17, 15) is 0 Å². The van der Waals surface area contributed by atoms with E-state index < -0.39 is 0 Å². The third-order valence-electron chi connectivity index (χ3n) is 4.45. The van der Waals surface area contributed by atoms with Crippen LogP contribution in [0.3, 0.4) is 0 Å². The number of rotatable bonds is 4. The number of benzene rings is 3. The molecule has 3 aromatic carbocycles. The Balaban J connectivity index is 1.87. The Morgan fingerprint density at radius 2 is 1.23 bits per heavy atom. The van der Waals surface area contributed by atoms with E-state index in [4.69, 9.17) is 0 Å². The number of para-hydroxylation sites is 2. The van der Waals surface area contributed by atoms with Crippen molar-refractivity contribution in [3.8, 4) is 11.3 Å². The molecule has 4 rings (SSSR count). The molecule has 0 radical (unpaired) electrons. The molecule has 0 saturated heterocycles. The van der Waals surface area contributed by atoms with Crippen LogP contribution in [-0.2, 0) is 0 Å². The zero-order valence-electron chi connectivity index (χ0n) is 14.7. The third-order valence-corrected chi connectivity index (χ3v) is 4.45. The number of hydrogen-bond acceptors (Lipinski definition) is 2. The standard InChI is InChI=1S/C24H20N2/c1-19-15-16-22(18-23(19)24-14-8-9-17-25-24)26(20-10-4-2-5-11-20)21-12-6-3-7-13-21/h2-18H,1H3. The third kappa shape index (κ3) is 3.22. The van der Waals surface area contributed by atoms with Gasteiger partial charge in [0.25, 0.3) is 0 Å². The minimum absolute atomic E-state index is 0.993. The highest BCUT2D eigenvalue weighted by molar-refractivity contribution is 5.80. The molecule has 0 spiro atoms. The van der Waals surface area contributed by atoms with Crippen molar-refractivity contribution in [3.63, 3.8) is 0 Å². The summed E-state index contributed by atoms with van der Waals surface area (Å²) in [5, 5.41) is 0. The second kappa shape index (κ2) is 7.24. The Hall–Kier alpha value is -3.39. The molecule has 0 unspecified atom stereocenters. The fourth-order valence-electron chi connectivity index (χ4n) is 3.15. The molecule has 1 aromatic heterocycles. The molecule has 2 nitrogen and oxygen atoms in total. The van der Waals surface area contributed by atoms with Crippen molar-refractivity contribution in [3.05, 3.63) is 109 Å². The van der Waals surface area contributed by atoms with Crippen LogP contribution in [0, 0.1) is 6.92 Å². The summed E-state index contributed by atoms with van der Waals surface area (Å²) in [6, 6.07) is 33.5. The van der Waals surface area contributed by atoms with Crippen molar-refractivity contribution in [2.45, 2.75) is 6.92 Å². The Morgan fingerprint density at radius 3 is 1.81 bits per heavy atom. The number of nitrogens with zero attached hydrogens (tertiary/aromatic N) is 2. The van der Waals surface area contributed by atoms with E-state index in [-0.39, 0.29) is 0 Å². The van der Waals surface area contributed by atoms with E-state index >= 15 is 0 Å². The minimum Gasteiger partial charge on any atom is -0.310 e. The van der Waals surface area contributed by atoms with Gasteiger partial charge in [0.05, 0.1) is 5.69 Å². The van der Waals surface area contributed by atoms with Crippen LogP contribution >= 0.6 is 0 Å². The van der Waals surface area contributed by atoms with E-state index in [1.807, 2.05) is 30.5 Å². The quantitative estimate of drug-likeness (QED) is 0.421. The molecule has 0 N–H and O–H groups in total. The zero-order valence-corrected chi connectivity index (χ0v) is 14.7. The lowest BCUT2D eigenvalue weighted by atomic mass is 10.0. The van der Waals surface area contributed by atoms with Crippen molar-refractivity contribution in [2.75, 3.05) is 4.90 Å². The van der Waals surface area contributed by atoms with Crippen molar-refractivity contribution in [1.82, 2.24) is 4.98 Å². The summed E-state index contributed by atoms with van der Waals surface area (Å²) in [5.41, 5.74) is 6.75. The Kier molecular flexibility index (Phi) is 4.48. The van der Waals surface area contributed by atoms with Gasteiger partial charge in [-0.3, -0.25) is 4.98 Å². The van der Waals surface area contributed by atoms with Crippen LogP contribution in [0.4, 0.5) is 17.1 Å². The van der Waals surface area contributed by atoms with Gasteiger partial charge in [-0.05, 0) is 61.0 Å². The van der Waals surface area contributed by atoms with Crippen molar-refractivity contribution < 1.29 is 0 Å². The molecular formula is C24H20N2. The molecule has 2 heteroatoms. The van der Waals surface area contributed by atoms with Crippen LogP contribution in [0.2, 0.25) is 0 Å². The van der Waals surface area contributed by atoms with Crippen LogP contribution in [0.25, 0.3) is 11.3 Å². The second-order valence-electron chi connectivity index (χ2n) is 6.22. The van der Waals surface area contributed by atoms with Gasteiger partial charge in [-0.25, -0.2) is 0 Å². The predicted octanol–water partition coefficient (Wildman–Crippen LogP) is 6.53. The minimum atomic E-state index is 0.993. The summed E-state index contributed by atoms with van der Waals surface area (Å²) in [6.07, 6.45) is 1.84. The number of aryl methyl sites for hydroxylation is 1. The van der Waals surface area contributed by atoms with Crippen LogP contribution in [0.15, 0.2) is 103 Å². The molecule has 0 aliphatic carbocycles. The summed E-state index contributed by atoms with van der Waals surface area (Å²) >= 11 is 0. The van der Waals surface area contributed by atoms with E-state index in [1.54, 1.807) is 0 Å². The lowest BCUT2D eigenvalue weighted by Crippen LogP contribution is -2.10. The molecule has 26 heavy (non-hydrogen) atoms. The SMILES string of the molecule is Cc1ccc(N(c2ccccc2)c2ccccc2)cc1-c1ccccn1. The highest BCUT2D eigenvalue weighted by Gasteiger charge is 2.14. The number of anilines is 3. The molecule has 126 valence electrons. The maximum atomic E-state index is 4.54. The number of hydrogen-bond donors (Lipinski definition) is 0. The molecule has 0 aliphatic rings. The van der Waals surface area contributed by atoms with Crippen molar-refractivity contribution >= 4 is 17.1 Å². The van der Waals surface area contributed by atoms with Gasteiger partial charge < -0.3 is 4.90 Å². The van der Waals surface area contributed by atoms with Crippen LogP contribution in [-0.4, -0.2) is 4.98 Å². The number of aromatic nitrogens is 1. The van der Waals surface area contributed by atoms with Gasteiger partial charge in [0, 0.05) is 28.8 Å². The van der Waals surface area contributed by atoms with Crippen molar-refractivity contribution in [2.24, 2.45) is 0 Å². The molecule has 4 aromatic rings. The average molecular weight is 336 g/mol. The monoisotopic (exact) mass is 336 g/mol. The zero-order chi connectivity index (χ0) is 17.8. The predicted molar refractivity (Wildman–Crippen MR) is 109 cm³/mol. The summed E-state index contributed by atoms with van der Waals surface area (Å²) in [5.74, 6) is 0. The van der Waals surface area contributed by atoms with Crippen LogP contribution in [0.1, 0.15) is 5.56 Å². The first-order valence-electron chi connectivity index (χ1n) is 8.75. The first-order chi connectivity index (χ1) is 12.8. The molecule has 0 atom stereocenters. The number of pyridine rings is 1. The first kappa shape index (κ1) is 16.1. The molecule has 0 amide bonds. The molecule has 0 aliphatic heterocycles.